The Hall–Kier alpha value is -0.840. The first-order valence-corrected chi connectivity index (χ1v) is 8.49. The summed E-state index contributed by atoms with van der Waals surface area (Å²) in [5, 5.41) is 3.43. The van der Waals surface area contributed by atoms with E-state index >= 15 is 0 Å². The maximum Gasteiger partial charge on any atom is 0.398 e. The van der Waals surface area contributed by atoms with Crippen LogP contribution < -0.4 is 5.32 Å². The highest BCUT2D eigenvalue weighted by molar-refractivity contribution is 7.99. The van der Waals surface area contributed by atoms with E-state index in [1.165, 1.54) is 32.1 Å². The number of nitrogens with one attached hydrogen (secondary N) is 1. The molecule has 1 N–H and O–H groups in total. The summed E-state index contributed by atoms with van der Waals surface area (Å²) in [7, 11) is 0. The number of benzene rings is 1. The highest BCUT2D eigenvalue weighted by atomic mass is 32.2. The van der Waals surface area contributed by atoms with Gasteiger partial charge in [-0.3, -0.25) is 0 Å². The fourth-order valence-electron chi connectivity index (χ4n) is 2.87. The number of para-hydroxylation sites is 1. The van der Waals surface area contributed by atoms with Crippen molar-refractivity contribution in [1.82, 2.24) is 0 Å². The first kappa shape index (κ1) is 16.5. The summed E-state index contributed by atoms with van der Waals surface area (Å²) >= 11 is 0.855. The predicted molar refractivity (Wildman–Crippen MR) is 82.9 cm³/mol. The van der Waals surface area contributed by atoms with Crippen LogP contribution in [0.1, 0.15) is 39.0 Å². The molecule has 0 spiro atoms. The molecule has 0 heterocycles. The molecule has 0 saturated heterocycles. The van der Waals surface area contributed by atoms with Crippen LogP contribution in [0.2, 0.25) is 0 Å². The molecule has 0 aromatic heterocycles. The Bertz CT molecular complexity index is 441. The second kappa shape index (κ2) is 7.43. The van der Waals surface area contributed by atoms with Gasteiger partial charge in [0, 0.05) is 16.6 Å². The Morgan fingerprint density at radius 3 is 2.52 bits per heavy atom. The second-order valence-electron chi connectivity index (χ2n) is 5.73. The van der Waals surface area contributed by atoms with Crippen molar-refractivity contribution in [3.63, 3.8) is 0 Å². The summed E-state index contributed by atoms with van der Waals surface area (Å²) in [4.78, 5) is 0.678. The average molecular weight is 317 g/mol. The third-order valence-corrected chi connectivity index (χ3v) is 5.16. The van der Waals surface area contributed by atoms with Gasteiger partial charge in [0.1, 0.15) is 0 Å². The zero-order valence-electron chi connectivity index (χ0n) is 12.2. The molecule has 0 radical (unpaired) electrons. The maximum absolute atomic E-state index is 12.4. The summed E-state index contributed by atoms with van der Waals surface area (Å²) in [5.74, 6) is -0.219. The van der Waals surface area contributed by atoms with Crippen LogP contribution >= 0.6 is 11.8 Å². The van der Waals surface area contributed by atoms with Crippen LogP contribution in [-0.2, 0) is 0 Å². The van der Waals surface area contributed by atoms with Crippen molar-refractivity contribution in [3.05, 3.63) is 24.3 Å². The monoisotopic (exact) mass is 317 g/mol. The van der Waals surface area contributed by atoms with E-state index in [1.807, 2.05) is 12.1 Å². The van der Waals surface area contributed by atoms with Crippen LogP contribution in [0, 0.1) is 5.92 Å². The van der Waals surface area contributed by atoms with E-state index in [1.54, 1.807) is 12.1 Å². The van der Waals surface area contributed by atoms with Gasteiger partial charge in [0.05, 0.1) is 5.75 Å². The van der Waals surface area contributed by atoms with Crippen molar-refractivity contribution in [2.24, 2.45) is 5.92 Å². The lowest BCUT2D eigenvalue weighted by Gasteiger charge is -2.29. The molecule has 1 aromatic carbocycles. The molecule has 1 fully saturated rings. The highest BCUT2D eigenvalue weighted by Gasteiger charge is 2.28. The van der Waals surface area contributed by atoms with E-state index in [0.29, 0.717) is 16.9 Å². The van der Waals surface area contributed by atoms with Crippen molar-refractivity contribution in [1.29, 1.82) is 0 Å². The highest BCUT2D eigenvalue weighted by Crippen LogP contribution is 2.34. The van der Waals surface area contributed by atoms with Gasteiger partial charge in [-0.05, 0) is 37.8 Å². The first-order valence-electron chi connectivity index (χ1n) is 7.51. The third-order valence-electron chi connectivity index (χ3n) is 4.02. The minimum atomic E-state index is -4.13. The molecule has 1 nitrogen and oxygen atoms in total. The fourth-order valence-corrected chi connectivity index (χ4v) is 3.65. The molecule has 1 saturated carbocycles. The molecule has 2 rings (SSSR count). The van der Waals surface area contributed by atoms with Crippen LogP contribution in [0.3, 0.4) is 0 Å². The number of alkyl halides is 3. The Balaban J connectivity index is 1.98. The van der Waals surface area contributed by atoms with Gasteiger partial charge in [0.15, 0.2) is 0 Å². The molecule has 0 aliphatic heterocycles. The van der Waals surface area contributed by atoms with Gasteiger partial charge < -0.3 is 5.32 Å². The molecule has 1 unspecified atom stereocenters. The largest absolute Gasteiger partial charge is 0.398 e. The molecule has 1 aromatic rings. The van der Waals surface area contributed by atoms with Crippen LogP contribution in [0.5, 0.6) is 0 Å². The van der Waals surface area contributed by atoms with Crippen molar-refractivity contribution < 1.29 is 13.2 Å². The topological polar surface area (TPSA) is 12.0 Å². The summed E-state index contributed by atoms with van der Waals surface area (Å²) in [6, 6.07) is 7.59. The van der Waals surface area contributed by atoms with E-state index in [2.05, 4.69) is 12.2 Å². The van der Waals surface area contributed by atoms with Crippen molar-refractivity contribution in [2.45, 2.75) is 56.1 Å². The van der Waals surface area contributed by atoms with Gasteiger partial charge in [-0.25, -0.2) is 0 Å². The summed E-state index contributed by atoms with van der Waals surface area (Å²) < 4.78 is 37.2. The van der Waals surface area contributed by atoms with E-state index in [-0.39, 0.29) is 0 Å². The maximum atomic E-state index is 12.4. The van der Waals surface area contributed by atoms with Crippen LogP contribution in [0.15, 0.2) is 29.2 Å². The lowest BCUT2D eigenvalue weighted by Crippen LogP contribution is -2.27. The van der Waals surface area contributed by atoms with Gasteiger partial charge in [-0.15, -0.1) is 11.8 Å². The number of anilines is 1. The molecular weight excluding hydrogens is 295 g/mol. The Labute approximate surface area is 128 Å². The standard InChI is InChI=1S/C16H22F3NS/c1-12(13-7-3-2-4-8-13)20-14-9-5-6-10-15(14)21-11-16(17,18)19/h5-6,9-10,12-13,20H,2-4,7-8,11H2,1H3. The van der Waals surface area contributed by atoms with E-state index in [9.17, 15) is 13.2 Å². The Kier molecular flexibility index (Phi) is 5.85. The summed E-state index contributed by atoms with van der Waals surface area (Å²) in [6.07, 6.45) is 2.13. The average Bonchev–Trinajstić information content (AvgIpc) is 2.46. The van der Waals surface area contributed by atoms with Gasteiger partial charge in [-0.1, -0.05) is 31.4 Å². The van der Waals surface area contributed by atoms with Crippen molar-refractivity contribution in [2.75, 3.05) is 11.1 Å². The zero-order chi connectivity index (χ0) is 15.3. The SMILES string of the molecule is CC(Nc1ccccc1SCC(F)(F)F)C1CCCCC1. The summed E-state index contributed by atoms with van der Waals surface area (Å²) in [6.45, 7) is 2.14. The molecule has 1 aliphatic carbocycles. The minimum Gasteiger partial charge on any atom is -0.381 e. The number of thioether (sulfide) groups is 1. The normalized spacial score (nSPS) is 18.5. The first-order chi connectivity index (χ1) is 9.96. The van der Waals surface area contributed by atoms with E-state index in [4.69, 9.17) is 0 Å². The molecular formula is C16H22F3NS. The molecule has 5 heteroatoms. The lowest BCUT2D eigenvalue weighted by atomic mass is 9.84. The van der Waals surface area contributed by atoms with Crippen LogP contribution in [-0.4, -0.2) is 18.0 Å². The van der Waals surface area contributed by atoms with Gasteiger partial charge in [-0.2, -0.15) is 13.2 Å². The van der Waals surface area contributed by atoms with E-state index < -0.39 is 11.9 Å². The third kappa shape index (κ3) is 5.46. The molecule has 21 heavy (non-hydrogen) atoms. The molecule has 1 atom stereocenters. The van der Waals surface area contributed by atoms with E-state index in [0.717, 1.165) is 17.4 Å². The number of hydrogen-bond donors (Lipinski definition) is 1. The zero-order valence-corrected chi connectivity index (χ0v) is 13.1. The predicted octanol–water partition coefficient (Wildman–Crippen LogP) is 5.72. The Morgan fingerprint density at radius 1 is 1.19 bits per heavy atom. The number of rotatable bonds is 5. The quantitative estimate of drug-likeness (QED) is 0.697. The summed E-state index contributed by atoms with van der Waals surface area (Å²) in [5.41, 5.74) is 0.824. The van der Waals surface area contributed by atoms with Crippen LogP contribution in [0.25, 0.3) is 0 Å². The molecule has 118 valence electrons. The fraction of sp³-hybridized carbons (Fsp3) is 0.625. The van der Waals surface area contributed by atoms with Gasteiger partial charge in [0.25, 0.3) is 0 Å². The molecule has 1 aliphatic rings. The van der Waals surface area contributed by atoms with Crippen molar-refractivity contribution >= 4 is 17.4 Å². The lowest BCUT2D eigenvalue weighted by molar-refractivity contribution is -0.105. The van der Waals surface area contributed by atoms with Crippen LogP contribution in [0.4, 0.5) is 18.9 Å². The van der Waals surface area contributed by atoms with Crippen molar-refractivity contribution in [3.8, 4) is 0 Å². The second-order valence-corrected chi connectivity index (χ2v) is 6.75. The smallest absolute Gasteiger partial charge is 0.381 e. The molecule has 0 bridgehead atoms. The van der Waals surface area contributed by atoms with Gasteiger partial charge >= 0.3 is 6.18 Å². The Morgan fingerprint density at radius 2 is 1.86 bits per heavy atom. The van der Waals surface area contributed by atoms with Gasteiger partial charge in [0.2, 0.25) is 0 Å². The number of halogens is 3. The number of hydrogen-bond acceptors (Lipinski definition) is 2. The molecule has 0 amide bonds. The minimum absolute atomic E-state index is 0.304.